The largest absolute Gasteiger partial charge is 2.00 e. The molecule has 0 aliphatic rings. The van der Waals surface area contributed by atoms with Crippen LogP contribution in [0.3, 0.4) is 0 Å². The van der Waals surface area contributed by atoms with Crippen LogP contribution in [-0.4, -0.2) is 27.6 Å². The van der Waals surface area contributed by atoms with E-state index in [1.807, 2.05) is 189 Å². The Bertz CT molecular complexity index is 2150. The Kier molecular flexibility index (Phi) is 14.8. The summed E-state index contributed by atoms with van der Waals surface area (Å²) in [6, 6.07) is 46.1. The Morgan fingerprint density at radius 2 is 0.621 bits per heavy atom. The molecule has 0 heterocycles. The second kappa shape index (κ2) is 18.4. The Hall–Kier alpha value is -5.56. The first-order valence-corrected chi connectivity index (χ1v) is 18.7. The monoisotopic (exact) mass is 828 g/mol. The molecule has 0 saturated heterocycles. The standard InChI is InChI=1S/2C25H26O3.H2O.Zn/c2*1-24(2,17-11-7-5-8-12-17)19-15-20(23(27)28)22(26)21(16-19)25(3,4)18-13-9-6-10-14-18;;/h2*5-16,26H,1-4H3,(H,27,28);1H2;/q;;;+2/p-2. The minimum absolute atomic E-state index is 0. The Balaban J connectivity index is 0.000000300. The number of benzene rings is 6. The molecule has 0 saturated carbocycles. The van der Waals surface area contributed by atoms with E-state index in [1.165, 1.54) is 12.1 Å². The van der Waals surface area contributed by atoms with Gasteiger partial charge in [-0.1, -0.05) is 200 Å². The Morgan fingerprint density at radius 1 is 0.397 bits per heavy atom. The summed E-state index contributed by atoms with van der Waals surface area (Å²) in [5, 5.41) is 45.5. The van der Waals surface area contributed by atoms with E-state index in [1.54, 1.807) is 0 Å². The van der Waals surface area contributed by atoms with Crippen LogP contribution in [0.4, 0.5) is 0 Å². The number of carbonyl (C=O) groups is 2. The molecule has 0 fully saturated rings. The molecular weight excluding hydrogens is 778 g/mol. The molecule has 0 radical (unpaired) electrons. The van der Waals surface area contributed by atoms with E-state index in [-0.39, 0.29) is 36.1 Å². The molecule has 6 aromatic carbocycles. The first-order valence-electron chi connectivity index (χ1n) is 18.7. The van der Waals surface area contributed by atoms with Gasteiger partial charge in [0.15, 0.2) is 0 Å². The van der Waals surface area contributed by atoms with Gasteiger partial charge in [0.05, 0.1) is 11.1 Å². The summed E-state index contributed by atoms with van der Waals surface area (Å²) in [5.41, 5.74) is 4.21. The molecule has 7 nitrogen and oxygen atoms in total. The first-order chi connectivity index (χ1) is 26.3. The second-order valence-electron chi connectivity index (χ2n) is 16.4. The van der Waals surface area contributed by atoms with Crippen LogP contribution in [0, 0.1) is 0 Å². The Labute approximate surface area is 355 Å². The van der Waals surface area contributed by atoms with E-state index in [4.69, 9.17) is 0 Å². The van der Waals surface area contributed by atoms with E-state index >= 15 is 0 Å². The number of hydrogen-bond acceptors (Lipinski definition) is 4. The second-order valence-corrected chi connectivity index (χ2v) is 16.4. The van der Waals surface area contributed by atoms with Crippen molar-refractivity contribution in [3.8, 4) is 11.5 Å². The van der Waals surface area contributed by atoms with Crippen molar-refractivity contribution >= 4 is 11.9 Å². The van der Waals surface area contributed by atoms with Crippen molar-refractivity contribution in [3.63, 3.8) is 0 Å². The zero-order valence-corrected chi connectivity index (χ0v) is 37.6. The molecule has 0 aliphatic heterocycles. The SMILES string of the molecule is CC(C)(c1ccccc1)c1cc(C(=O)O)c([O-])c(C(C)(C)c2ccccc2)c1.CC(C)(c1ccccc1)c1cc(C(=O)O)c([O-])c(C(C)(C)c2ccccc2)c1.O.[Zn+2]. The molecule has 0 spiro atoms. The minimum atomic E-state index is -1.19. The van der Waals surface area contributed by atoms with Crippen molar-refractivity contribution in [2.75, 3.05) is 0 Å². The van der Waals surface area contributed by atoms with Crippen LogP contribution in [0.2, 0.25) is 0 Å². The fourth-order valence-corrected chi connectivity index (χ4v) is 7.29. The van der Waals surface area contributed by atoms with Gasteiger partial charge in [0.25, 0.3) is 0 Å². The topological polar surface area (TPSA) is 152 Å². The van der Waals surface area contributed by atoms with Crippen molar-refractivity contribution in [2.45, 2.75) is 77.0 Å². The molecular formula is C50H52O7Zn. The maximum Gasteiger partial charge on any atom is 2.00 e. The van der Waals surface area contributed by atoms with Crippen LogP contribution >= 0.6 is 0 Å². The number of carboxylic acid groups (broad SMARTS) is 2. The molecule has 8 heteroatoms. The van der Waals surface area contributed by atoms with Crippen molar-refractivity contribution < 1.29 is 55.0 Å². The number of rotatable bonds is 10. The molecule has 4 N–H and O–H groups in total. The molecule has 0 aliphatic carbocycles. The summed E-state index contributed by atoms with van der Waals surface area (Å²) in [4.78, 5) is 23.7. The van der Waals surface area contributed by atoms with Crippen LogP contribution in [0.25, 0.3) is 0 Å². The van der Waals surface area contributed by atoms with E-state index in [0.717, 1.165) is 33.4 Å². The predicted octanol–water partition coefficient (Wildman–Crippen LogP) is 9.39. The summed E-state index contributed by atoms with van der Waals surface area (Å²) in [6.45, 7) is 16.0. The maximum atomic E-state index is 13.1. The van der Waals surface area contributed by atoms with E-state index in [0.29, 0.717) is 11.1 Å². The molecule has 58 heavy (non-hydrogen) atoms. The number of hydrogen-bond donors (Lipinski definition) is 2. The van der Waals surface area contributed by atoms with E-state index < -0.39 is 45.1 Å². The van der Waals surface area contributed by atoms with Crippen LogP contribution in [0.1, 0.15) is 121 Å². The zero-order chi connectivity index (χ0) is 41.1. The molecule has 6 rings (SSSR count). The third-order valence-corrected chi connectivity index (χ3v) is 11.4. The third kappa shape index (κ3) is 9.42. The van der Waals surface area contributed by atoms with Gasteiger partial charge in [-0.05, 0) is 56.6 Å². The van der Waals surface area contributed by atoms with E-state index in [2.05, 4.69) is 0 Å². The fourth-order valence-electron chi connectivity index (χ4n) is 7.29. The van der Waals surface area contributed by atoms with Gasteiger partial charge in [0.2, 0.25) is 0 Å². The first kappa shape index (κ1) is 46.8. The van der Waals surface area contributed by atoms with Gasteiger partial charge in [0.1, 0.15) is 0 Å². The number of aromatic carboxylic acids is 2. The fraction of sp³-hybridized carbons (Fsp3) is 0.240. The van der Waals surface area contributed by atoms with Crippen LogP contribution in [0.15, 0.2) is 146 Å². The molecule has 6 aromatic rings. The summed E-state index contributed by atoms with van der Waals surface area (Å²) >= 11 is 0. The van der Waals surface area contributed by atoms with Crippen molar-refractivity contribution in [2.24, 2.45) is 0 Å². The summed E-state index contributed by atoms with van der Waals surface area (Å²) in [5.74, 6) is -3.23. The predicted molar refractivity (Wildman–Crippen MR) is 224 cm³/mol. The van der Waals surface area contributed by atoms with Crippen LogP contribution < -0.4 is 10.2 Å². The van der Waals surface area contributed by atoms with Gasteiger partial charge in [-0.3, -0.25) is 0 Å². The quantitative estimate of drug-likeness (QED) is 0.131. The summed E-state index contributed by atoms with van der Waals surface area (Å²) in [7, 11) is 0. The van der Waals surface area contributed by atoms with Gasteiger partial charge in [-0.15, -0.1) is 0 Å². The van der Waals surface area contributed by atoms with Crippen LogP contribution in [-0.2, 0) is 41.1 Å². The van der Waals surface area contributed by atoms with E-state index in [9.17, 15) is 30.0 Å². The summed E-state index contributed by atoms with van der Waals surface area (Å²) in [6.07, 6.45) is 0. The molecule has 0 amide bonds. The molecule has 0 aromatic heterocycles. The van der Waals surface area contributed by atoms with Gasteiger partial charge >= 0.3 is 31.4 Å². The maximum absolute atomic E-state index is 13.1. The van der Waals surface area contributed by atoms with Crippen molar-refractivity contribution in [1.29, 1.82) is 0 Å². The van der Waals surface area contributed by atoms with Crippen molar-refractivity contribution in [1.82, 2.24) is 0 Å². The van der Waals surface area contributed by atoms with Gasteiger partial charge in [-0.2, -0.15) is 0 Å². The van der Waals surface area contributed by atoms with Crippen molar-refractivity contribution in [3.05, 3.63) is 201 Å². The van der Waals surface area contributed by atoms with Crippen LogP contribution in [0.5, 0.6) is 11.5 Å². The smallest absolute Gasteiger partial charge is 0.872 e. The molecule has 0 unspecified atom stereocenters. The van der Waals surface area contributed by atoms with Gasteiger partial charge < -0.3 is 25.9 Å². The minimum Gasteiger partial charge on any atom is -0.872 e. The zero-order valence-electron chi connectivity index (χ0n) is 34.6. The average Bonchev–Trinajstić information content (AvgIpc) is 3.19. The number of carboxylic acids is 2. The van der Waals surface area contributed by atoms with Gasteiger partial charge in [-0.25, -0.2) is 9.59 Å². The third-order valence-electron chi connectivity index (χ3n) is 11.4. The average molecular weight is 830 g/mol. The Morgan fingerprint density at radius 3 is 0.845 bits per heavy atom. The summed E-state index contributed by atoms with van der Waals surface area (Å²) < 4.78 is 0. The normalized spacial score (nSPS) is 11.6. The molecule has 296 valence electrons. The van der Waals surface area contributed by atoms with Gasteiger partial charge in [0, 0.05) is 21.7 Å². The molecule has 0 atom stereocenters. The molecule has 0 bridgehead atoms.